The van der Waals surface area contributed by atoms with E-state index in [9.17, 15) is 12.9 Å². The zero-order chi connectivity index (χ0) is 11.3. The molecule has 0 aliphatic rings. The van der Waals surface area contributed by atoms with Crippen LogP contribution in [0.1, 0.15) is 5.69 Å². The van der Waals surface area contributed by atoms with Gasteiger partial charge in [-0.2, -0.15) is 6.07 Å². The van der Waals surface area contributed by atoms with E-state index in [0.29, 0.717) is 0 Å². The van der Waals surface area contributed by atoms with Gasteiger partial charge in [0, 0.05) is 0 Å². The molecule has 0 fully saturated rings. The van der Waals surface area contributed by atoms with Crippen molar-refractivity contribution < 1.29 is 64.3 Å². The van der Waals surface area contributed by atoms with Gasteiger partial charge in [-0.05, 0) is 11.5 Å². The first-order chi connectivity index (χ1) is 7.09. The molecule has 0 aliphatic heterocycles. The third kappa shape index (κ3) is 5.91. The summed E-state index contributed by atoms with van der Waals surface area (Å²) >= 11 is 0. The minimum absolute atomic E-state index is 0. The first kappa shape index (κ1) is 16.0. The largest absolute Gasteiger partial charge is 1.00 e. The molecule has 1 aromatic carbocycles. The molecule has 0 saturated heterocycles. The van der Waals surface area contributed by atoms with E-state index in [4.69, 9.17) is 0 Å². The van der Waals surface area contributed by atoms with E-state index in [-0.39, 0.29) is 51.4 Å². The van der Waals surface area contributed by atoms with Gasteiger partial charge in [-0.15, -0.1) is 11.8 Å². The molecule has 16 heavy (non-hydrogen) atoms. The maximum atomic E-state index is 9.67. The molecule has 0 amide bonds. The number of hydrogen-bond donors (Lipinski definition) is 0. The van der Waals surface area contributed by atoms with Crippen molar-refractivity contribution in [1.82, 2.24) is 4.98 Å². The van der Waals surface area contributed by atoms with E-state index in [1.807, 2.05) is 36.4 Å². The van der Waals surface area contributed by atoms with Gasteiger partial charge in [0.05, 0.1) is 5.52 Å². The quantitative estimate of drug-likeness (QED) is 0.483. The van der Waals surface area contributed by atoms with Crippen molar-refractivity contribution in [2.75, 3.05) is 0 Å². The van der Waals surface area contributed by atoms with Crippen LogP contribution in [0.15, 0.2) is 36.4 Å². The summed E-state index contributed by atoms with van der Waals surface area (Å²) in [7, 11) is -3.67. The van der Waals surface area contributed by atoms with Gasteiger partial charge in [-0.25, -0.2) is 6.92 Å². The molecule has 78 valence electrons. The average Bonchev–Trinajstić information content (AvgIpc) is 2.16. The molecular formula is C10H8BF3KN. The van der Waals surface area contributed by atoms with E-state index in [0.717, 1.165) is 11.2 Å². The van der Waals surface area contributed by atoms with Crippen molar-refractivity contribution in [3.05, 3.63) is 49.0 Å². The second-order valence-electron chi connectivity index (χ2n) is 2.74. The fraction of sp³-hybridized carbons (Fsp3) is 0. The van der Waals surface area contributed by atoms with Gasteiger partial charge in [0.1, 0.15) is 0 Å². The van der Waals surface area contributed by atoms with E-state index in [2.05, 4.69) is 11.9 Å². The molecule has 0 N–H and O–H groups in total. The van der Waals surface area contributed by atoms with Crippen molar-refractivity contribution in [2.24, 2.45) is 0 Å². The van der Waals surface area contributed by atoms with Crippen LogP contribution in [-0.2, 0) is 0 Å². The van der Waals surface area contributed by atoms with Crippen molar-refractivity contribution in [2.45, 2.75) is 0 Å². The number of nitrogens with zero attached hydrogens (tertiary/aromatic N) is 1. The van der Waals surface area contributed by atoms with Gasteiger partial charge >= 0.3 is 58.9 Å². The summed E-state index contributed by atoms with van der Waals surface area (Å²) in [6, 6.07) is 12.0. The molecule has 1 nitrogen and oxygen atoms in total. The summed E-state index contributed by atoms with van der Waals surface area (Å²) in [4.78, 5) is 4.26. The third-order valence-electron chi connectivity index (χ3n) is 1.66. The maximum Gasteiger partial charge on any atom is 1.00 e. The van der Waals surface area contributed by atoms with Crippen LogP contribution >= 0.6 is 0 Å². The second kappa shape index (κ2) is 8.14. The predicted octanol–water partition coefficient (Wildman–Crippen LogP) is 0.301. The van der Waals surface area contributed by atoms with Crippen LogP contribution < -0.4 is 51.4 Å². The fourth-order valence-electron chi connectivity index (χ4n) is 1.11. The molecule has 0 saturated carbocycles. The third-order valence-corrected chi connectivity index (χ3v) is 1.66. The van der Waals surface area contributed by atoms with Gasteiger partial charge < -0.3 is 0 Å². The molecule has 1 aromatic heterocycles. The number of para-hydroxylation sites is 1. The molecule has 0 aliphatic carbocycles. The van der Waals surface area contributed by atoms with Crippen LogP contribution in [0.25, 0.3) is 10.9 Å². The Balaban J connectivity index is 0.000000397. The number of hydrogen-bond acceptors (Lipinski definition) is 1. The first-order valence-electron chi connectivity index (χ1n) is 4.19. The minimum atomic E-state index is -3.67. The zero-order valence-corrected chi connectivity index (χ0v) is 12.0. The first-order valence-corrected chi connectivity index (χ1v) is 4.19. The Morgan fingerprint density at radius 1 is 1.00 bits per heavy atom. The van der Waals surface area contributed by atoms with Gasteiger partial charge in [-0.1, -0.05) is 18.2 Å². The van der Waals surface area contributed by atoms with Crippen molar-refractivity contribution in [3.8, 4) is 0 Å². The Kier molecular flexibility index (Phi) is 8.13. The molecule has 0 spiro atoms. The normalized spacial score (nSPS) is 8.69. The van der Waals surface area contributed by atoms with Crippen LogP contribution in [-0.4, -0.2) is 12.5 Å². The Morgan fingerprint density at radius 2 is 1.56 bits per heavy atom. The Morgan fingerprint density at radius 3 is 2.19 bits per heavy atom. The van der Waals surface area contributed by atoms with Gasteiger partial charge in [-0.3, -0.25) is 17.9 Å². The molecule has 0 atom stereocenters. The number of aromatic nitrogens is 1. The summed E-state index contributed by atoms with van der Waals surface area (Å²) in [5.74, 6) is 0. The van der Waals surface area contributed by atoms with Crippen molar-refractivity contribution in [1.29, 1.82) is 0 Å². The predicted molar refractivity (Wildman–Crippen MR) is 55.3 cm³/mol. The average molecular weight is 249 g/mol. The van der Waals surface area contributed by atoms with E-state index in [1.54, 1.807) is 0 Å². The summed E-state index contributed by atoms with van der Waals surface area (Å²) in [5, 5.41) is 1.17. The fourth-order valence-corrected chi connectivity index (χ4v) is 1.11. The Bertz CT molecular complexity index is 436. The van der Waals surface area contributed by atoms with E-state index in [1.165, 1.54) is 5.39 Å². The summed E-state index contributed by atoms with van der Waals surface area (Å²) in [5.41, 5.74) is 1.84. The molecule has 2 aromatic rings. The van der Waals surface area contributed by atoms with Crippen LogP contribution in [0.4, 0.5) is 12.9 Å². The van der Waals surface area contributed by atoms with E-state index >= 15 is 0 Å². The number of pyridine rings is 1. The smallest absolute Gasteiger partial charge is 0.287 e. The molecule has 0 bridgehead atoms. The van der Waals surface area contributed by atoms with Crippen molar-refractivity contribution >= 4 is 18.4 Å². The second-order valence-corrected chi connectivity index (χ2v) is 2.74. The molecule has 2 rings (SSSR count). The van der Waals surface area contributed by atoms with Crippen LogP contribution in [0.3, 0.4) is 0 Å². The molecular weight excluding hydrogens is 241 g/mol. The van der Waals surface area contributed by atoms with Crippen LogP contribution in [0.2, 0.25) is 0 Å². The maximum absolute atomic E-state index is 9.67. The number of fused-ring (bicyclic) bond motifs is 1. The zero-order valence-electron chi connectivity index (χ0n) is 8.83. The van der Waals surface area contributed by atoms with Gasteiger partial charge in [0.15, 0.2) is 0 Å². The molecule has 6 heteroatoms. The number of benzene rings is 1. The van der Waals surface area contributed by atoms with Crippen LogP contribution in [0.5, 0.6) is 0 Å². The summed E-state index contributed by atoms with van der Waals surface area (Å²) in [6.07, 6.45) is 0. The molecule has 1 heterocycles. The topological polar surface area (TPSA) is 12.9 Å². The van der Waals surface area contributed by atoms with Crippen molar-refractivity contribution in [3.63, 3.8) is 0 Å². The molecule has 0 unspecified atom stereocenters. The number of halogens is 3. The SMILES string of the molecule is FB(F)F.[CH2-]c1ccc2ccccc2n1.[K+]. The summed E-state index contributed by atoms with van der Waals surface area (Å²) in [6.45, 7) is 3.76. The monoisotopic (exact) mass is 249 g/mol. The standard InChI is InChI=1S/C10H8N.BF3.K/c1-8-6-7-9-4-2-3-5-10(9)11-8;2-1(3)4;/h2-7H,1H2;;/q-1;;+1. The number of rotatable bonds is 0. The Hall–Kier alpha value is -0.00870. The van der Waals surface area contributed by atoms with Gasteiger partial charge in [0.2, 0.25) is 0 Å². The molecule has 0 radical (unpaired) electrons. The van der Waals surface area contributed by atoms with Crippen LogP contribution in [0, 0.1) is 6.92 Å². The Labute approximate surface area is 135 Å². The van der Waals surface area contributed by atoms with Gasteiger partial charge in [0.25, 0.3) is 0 Å². The minimum Gasteiger partial charge on any atom is -0.287 e. The summed E-state index contributed by atoms with van der Waals surface area (Å²) < 4.78 is 29.0. The van der Waals surface area contributed by atoms with E-state index < -0.39 is 7.54 Å².